The molecule has 1 atom stereocenters. The normalized spacial score (nSPS) is 13.8. The van der Waals surface area contributed by atoms with Crippen molar-refractivity contribution in [3.8, 4) is 0 Å². The third-order valence-electron chi connectivity index (χ3n) is 3.62. The SMILES string of the molecule is CCCCCOCCC(NCC)(C(=O)O)c1ccccc1. The molecule has 1 aromatic rings. The molecule has 0 bridgehead atoms. The highest BCUT2D eigenvalue weighted by Crippen LogP contribution is 2.25. The van der Waals surface area contributed by atoms with Crippen molar-refractivity contribution in [2.24, 2.45) is 0 Å². The fraction of sp³-hybridized carbons (Fsp3) is 0.588. The summed E-state index contributed by atoms with van der Waals surface area (Å²) in [7, 11) is 0. The van der Waals surface area contributed by atoms with E-state index in [0.717, 1.165) is 24.8 Å². The summed E-state index contributed by atoms with van der Waals surface area (Å²) in [5, 5.41) is 12.9. The van der Waals surface area contributed by atoms with Crippen LogP contribution in [-0.4, -0.2) is 30.8 Å². The topological polar surface area (TPSA) is 58.6 Å². The van der Waals surface area contributed by atoms with Crippen molar-refractivity contribution in [2.75, 3.05) is 19.8 Å². The molecule has 4 heteroatoms. The van der Waals surface area contributed by atoms with Crippen molar-refractivity contribution in [1.29, 1.82) is 0 Å². The number of likely N-dealkylation sites (N-methyl/N-ethyl adjacent to an activating group) is 1. The Kier molecular flexibility index (Phi) is 8.01. The Balaban J connectivity index is 2.71. The summed E-state index contributed by atoms with van der Waals surface area (Å²) in [5.74, 6) is -0.854. The first-order valence-electron chi connectivity index (χ1n) is 7.79. The van der Waals surface area contributed by atoms with Gasteiger partial charge in [0.1, 0.15) is 5.54 Å². The second-order valence-electron chi connectivity index (χ2n) is 5.18. The number of carboxylic acid groups (broad SMARTS) is 1. The van der Waals surface area contributed by atoms with Gasteiger partial charge in [-0.1, -0.05) is 57.0 Å². The average molecular weight is 293 g/mol. The molecule has 2 N–H and O–H groups in total. The van der Waals surface area contributed by atoms with Crippen molar-refractivity contribution in [3.63, 3.8) is 0 Å². The number of hydrogen-bond donors (Lipinski definition) is 2. The lowest BCUT2D eigenvalue weighted by Gasteiger charge is -2.31. The summed E-state index contributed by atoms with van der Waals surface area (Å²) < 4.78 is 5.61. The Morgan fingerprint density at radius 2 is 1.90 bits per heavy atom. The minimum Gasteiger partial charge on any atom is -0.480 e. The first-order valence-corrected chi connectivity index (χ1v) is 7.79. The summed E-state index contributed by atoms with van der Waals surface area (Å²) in [4.78, 5) is 11.9. The molecule has 1 unspecified atom stereocenters. The Morgan fingerprint density at radius 3 is 2.48 bits per heavy atom. The standard InChI is InChI=1S/C17H27NO3/c1-3-5-9-13-21-14-12-17(16(19)20,18-4-2)15-10-7-6-8-11-15/h6-8,10-11,18H,3-5,9,12-14H2,1-2H3,(H,19,20). The Hall–Kier alpha value is -1.39. The lowest BCUT2D eigenvalue weighted by molar-refractivity contribution is -0.146. The maximum Gasteiger partial charge on any atom is 0.328 e. The van der Waals surface area contributed by atoms with E-state index >= 15 is 0 Å². The molecule has 0 aromatic heterocycles. The molecular weight excluding hydrogens is 266 g/mol. The van der Waals surface area contributed by atoms with E-state index in [2.05, 4.69) is 12.2 Å². The fourth-order valence-corrected chi connectivity index (χ4v) is 2.45. The fourth-order valence-electron chi connectivity index (χ4n) is 2.45. The van der Waals surface area contributed by atoms with E-state index in [-0.39, 0.29) is 0 Å². The van der Waals surface area contributed by atoms with Crippen LogP contribution in [0.2, 0.25) is 0 Å². The third kappa shape index (κ3) is 5.14. The van der Waals surface area contributed by atoms with E-state index in [0.29, 0.717) is 26.2 Å². The average Bonchev–Trinajstić information content (AvgIpc) is 2.50. The molecule has 118 valence electrons. The van der Waals surface area contributed by atoms with Crippen LogP contribution in [0.1, 0.15) is 45.1 Å². The van der Waals surface area contributed by atoms with Crippen LogP contribution in [0.15, 0.2) is 30.3 Å². The van der Waals surface area contributed by atoms with Gasteiger partial charge in [-0.2, -0.15) is 0 Å². The van der Waals surface area contributed by atoms with E-state index in [1.807, 2.05) is 37.3 Å². The number of carboxylic acids is 1. The molecule has 0 fully saturated rings. The smallest absolute Gasteiger partial charge is 0.328 e. The number of unbranched alkanes of at least 4 members (excludes halogenated alkanes) is 2. The maximum absolute atomic E-state index is 11.9. The highest BCUT2D eigenvalue weighted by molar-refractivity contribution is 5.80. The van der Waals surface area contributed by atoms with E-state index in [9.17, 15) is 9.90 Å². The number of aliphatic carboxylic acids is 1. The predicted molar refractivity (Wildman–Crippen MR) is 84.4 cm³/mol. The second-order valence-corrected chi connectivity index (χ2v) is 5.18. The van der Waals surface area contributed by atoms with E-state index in [4.69, 9.17) is 4.74 Å². The first-order chi connectivity index (χ1) is 10.2. The van der Waals surface area contributed by atoms with Gasteiger partial charge in [-0.15, -0.1) is 0 Å². The van der Waals surface area contributed by atoms with Crippen LogP contribution in [0, 0.1) is 0 Å². The van der Waals surface area contributed by atoms with Crippen LogP contribution in [0.3, 0.4) is 0 Å². The largest absolute Gasteiger partial charge is 0.480 e. The molecule has 4 nitrogen and oxygen atoms in total. The number of benzene rings is 1. The summed E-state index contributed by atoms with van der Waals surface area (Å²) >= 11 is 0. The lowest BCUT2D eigenvalue weighted by atomic mass is 9.86. The van der Waals surface area contributed by atoms with Gasteiger partial charge in [0.05, 0.1) is 0 Å². The summed E-state index contributed by atoms with van der Waals surface area (Å²) in [5.41, 5.74) is -0.294. The number of ether oxygens (including phenoxy) is 1. The second kappa shape index (κ2) is 9.53. The molecule has 0 aliphatic carbocycles. The van der Waals surface area contributed by atoms with E-state index < -0.39 is 11.5 Å². The summed E-state index contributed by atoms with van der Waals surface area (Å²) in [6, 6.07) is 9.34. The molecule has 1 aromatic carbocycles. The predicted octanol–water partition coefficient (Wildman–Crippen LogP) is 3.17. The molecule has 1 rings (SSSR count). The molecule has 0 heterocycles. The van der Waals surface area contributed by atoms with Crippen LogP contribution in [0.25, 0.3) is 0 Å². The van der Waals surface area contributed by atoms with Crippen LogP contribution in [-0.2, 0) is 15.1 Å². The summed E-state index contributed by atoms with van der Waals surface area (Å²) in [6.07, 6.45) is 3.76. The van der Waals surface area contributed by atoms with Crippen LogP contribution in [0.5, 0.6) is 0 Å². The minimum absolute atomic E-state index is 0.423. The number of rotatable bonds is 11. The minimum atomic E-state index is -1.07. The molecule has 0 amide bonds. The highest BCUT2D eigenvalue weighted by atomic mass is 16.5. The third-order valence-corrected chi connectivity index (χ3v) is 3.62. The van der Waals surface area contributed by atoms with Gasteiger partial charge in [0, 0.05) is 19.6 Å². The molecular formula is C17H27NO3. The Labute approximate surface area is 127 Å². The number of hydrogen-bond acceptors (Lipinski definition) is 3. The van der Waals surface area contributed by atoms with Crippen molar-refractivity contribution in [2.45, 2.75) is 45.1 Å². The molecule has 0 saturated carbocycles. The van der Waals surface area contributed by atoms with Gasteiger partial charge < -0.3 is 9.84 Å². The first kappa shape index (κ1) is 17.7. The van der Waals surface area contributed by atoms with Gasteiger partial charge in [-0.3, -0.25) is 5.32 Å². The van der Waals surface area contributed by atoms with E-state index in [1.165, 1.54) is 0 Å². The van der Waals surface area contributed by atoms with Crippen LogP contribution in [0.4, 0.5) is 0 Å². The van der Waals surface area contributed by atoms with E-state index in [1.54, 1.807) is 0 Å². The van der Waals surface area contributed by atoms with Crippen LogP contribution < -0.4 is 5.32 Å². The maximum atomic E-state index is 11.9. The molecule has 21 heavy (non-hydrogen) atoms. The van der Waals surface area contributed by atoms with Gasteiger partial charge in [0.15, 0.2) is 0 Å². The molecule has 0 aliphatic rings. The van der Waals surface area contributed by atoms with Gasteiger partial charge in [0.2, 0.25) is 0 Å². The zero-order valence-corrected chi connectivity index (χ0v) is 13.1. The quantitative estimate of drug-likeness (QED) is 0.615. The zero-order valence-electron chi connectivity index (χ0n) is 13.1. The van der Waals surface area contributed by atoms with Crippen molar-refractivity contribution >= 4 is 5.97 Å². The monoisotopic (exact) mass is 293 g/mol. The highest BCUT2D eigenvalue weighted by Gasteiger charge is 2.39. The lowest BCUT2D eigenvalue weighted by Crippen LogP contribution is -2.50. The molecule has 0 radical (unpaired) electrons. The Bertz CT molecular complexity index is 408. The van der Waals surface area contributed by atoms with Crippen molar-refractivity contribution in [3.05, 3.63) is 35.9 Å². The molecule has 0 saturated heterocycles. The van der Waals surface area contributed by atoms with Gasteiger partial charge >= 0.3 is 5.97 Å². The van der Waals surface area contributed by atoms with Gasteiger partial charge in [0.25, 0.3) is 0 Å². The van der Waals surface area contributed by atoms with Crippen molar-refractivity contribution in [1.82, 2.24) is 5.32 Å². The Morgan fingerprint density at radius 1 is 1.19 bits per heavy atom. The molecule has 0 aliphatic heterocycles. The molecule has 0 spiro atoms. The summed E-state index contributed by atoms with van der Waals surface area (Å²) in [6.45, 7) is 5.80. The van der Waals surface area contributed by atoms with Crippen molar-refractivity contribution < 1.29 is 14.6 Å². The van der Waals surface area contributed by atoms with Crippen LogP contribution >= 0.6 is 0 Å². The zero-order chi connectivity index (χ0) is 15.6. The number of carbonyl (C=O) groups is 1. The van der Waals surface area contributed by atoms with Gasteiger partial charge in [-0.25, -0.2) is 4.79 Å². The number of nitrogens with one attached hydrogen (secondary N) is 1. The van der Waals surface area contributed by atoms with Gasteiger partial charge in [-0.05, 0) is 18.5 Å².